The Hall–Kier alpha value is -3.15. The maximum Gasteiger partial charge on any atom is 0.418 e. The molecule has 2 aromatic rings. The molecule has 0 spiro atoms. The van der Waals surface area contributed by atoms with Gasteiger partial charge in [0.05, 0.1) is 23.2 Å². The first kappa shape index (κ1) is 20.6. The van der Waals surface area contributed by atoms with Gasteiger partial charge in [-0.25, -0.2) is 4.31 Å². The fourth-order valence-electron chi connectivity index (χ4n) is 2.67. The van der Waals surface area contributed by atoms with Gasteiger partial charge >= 0.3 is 16.4 Å². The molecule has 29 heavy (non-hydrogen) atoms. The molecule has 0 atom stereocenters. The number of likely N-dealkylation sites (N-methyl/N-ethyl adjacent to an activating group) is 1. The van der Waals surface area contributed by atoms with Crippen molar-refractivity contribution in [3.05, 3.63) is 59.1 Å². The molecule has 1 aromatic heterocycles. The van der Waals surface area contributed by atoms with E-state index in [0.717, 1.165) is 19.2 Å². The zero-order valence-corrected chi connectivity index (χ0v) is 16.3. The highest BCUT2D eigenvalue weighted by molar-refractivity contribution is 7.88. The molecule has 1 aliphatic heterocycles. The van der Waals surface area contributed by atoms with Crippen LogP contribution in [0, 0.1) is 6.92 Å². The number of nitrogens with zero attached hydrogens (tertiary/aromatic N) is 4. The summed E-state index contributed by atoms with van der Waals surface area (Å²) in [6.07, 6.45) is -2.11. The Labute approximate surface area is 164 Å². The zero-order chi connectivity index (χ0) is 21.6. The summed E-state index contributed by atoms with van der Waals surface area (Å²) in [6.45, 7) is 1.68. The van der Waals surface area contributed by atoms with Crippen LogP contribution < -0.4 is 5.32 Å². The number of allylic oxidation sites excluding steroid dienone is 1. The van der Waals surface area contributed by atoms with Gasteiger partial charge in [-0.3, -0.25) is 9.48 Å². The summed E-state index contributed by atoms with van der Waals surface area (Å²) < 4.78 is 70.0. The van der Waals surface area contributed by atoms with Gasteiger partial charge in [-0.1, -0.05) is 12.1 Å². The predicted molar refractivity (Wildman–Crippen MR) is 99.3 cm³/mol. The topological polar surface area (TPSA) is 96.7 Å². The maximum absolute atomic E-state index is 13.2. The van der Waals surface area contributed by atoms with E-state index in [2.05, 4.69) is 14.8 Å². The Kier molecular flexibility index (Phi) is 4.99. The van der Waals surface area contributed by atoms with Crippen molar-refractivity contribution in [2.24, 2.45) is 11.4 Å². The lowest BCUT2D eigenvalue weighted by Crippen LogP contribution is -2.36. The van der Waals surface area contributed by atoms with E-state index in [-0.39, 0.29) is 11.4 Å². The van der Waals surface area contributed by atoms with Crippen molar-refractivity contribution >= 4 is 27.5 Å². The van der Waals surface area contributed by atoms with Gasteiger partial charge in [0.2, 0.25) is 0 Å². The van der Waals surface area contributed by atoms with E-state index < -0.39 is 33.5 Å². The molecule has 3 rings (SSSR count). The summed E-state index contributed by atoms with van der Waals surface area (Å²) in [4.78, 5) is 12.7. The molecule has 0 aliphatic carbocycles. The zero-order valence-electron chi connectivity index (χ0n) is 15.5. The third kappa shape index (κ3) is 3.88. The number of para-hydroxylation sites is 1. The summed E-state index contributed by atoms with van der Waals surface area (Å²) in [5, 5.41) is 6.14. The highest BCUT2D eigenvalue weighted by atomic mass is 32.2. The third-order valence-electron chi connectivity index (χ3n) is 4.40. The summed E-state index contributed by atoms with van der Waals surface area (Å²) >= 11 is 0. The number of amides is 1. The van der Waals surface area contributed by atoms with Crippen LogP contribution in [0.15, 0.2) is 46.6 Å². The Morgan fingerprint density at radius 1 is 1.17 bits per heavy atom. The molecule has 154 valence electrons. The van der Waals surface area contributed by atoms with Gasteiger partial charge < -0.3 is 5.32 Å². The van der Waals surface area contributed by atoms with E-state index in [1.807, 2.05) is 0 Å². The molecule has 0 saturated heterocycles. The molecular formula is C17H16F3N5O3S. The molecule has 0 fully saturated rings. The second-order valence-electron chi connectivity index (χ2n) is 6.22. The second-order valence-corrected chi connectivity index (χ2v) is 7.84. The van der Waals surface area contributed by atoms with Crippen LogP contribution in [0.1, 0.15) is 16.8 Å². The number of hydrogen-bond acceptors (Lipinski definition) is 4. The minimum atomic E-state index is -4.69. The molecule has 0 unspecified atom stereocenters. The predicted octanol–water partition coefficient (Wildman–Crippen LogP) is 2.25. The quantitative estimate of drug-likeness (QED) is 0.813. The lowest BCUT2D eigenvalue weighted by atomic mass is 10.1. The number of aryl methyl sites for hydroxylation is 1. The minimum absolute atomic E-state index is 0.0389. The molecule has 0 bridgehead atoms. The maximum atomic E-state index is 13.2. The molecule has 1 amide bonds. The Morgan fingerprint density at radius 2 is 1.83 bits per heavy atom. The molecule has 1 aromatic carbocycles. The summed E-state index contributed by atoms with van der Waals surface area (Å²) in [5.41, 5.74) is -0.976. The van der Waals surface area contributed by atoms with Crippen molar-refractivity contribution in [2.45, 2.75) is 13.1 Å². The second kappa shape index (κ2) is 7.03. The fraction of sp³-hybridized carbons (Fsp3) is 0.235. The first-order valence-corrected chi connectivity index (χ1v) is 9.58. The van der Waals surface area contributed by atoms with Gasteiger partial charge in [0, 0.05) is 25.4 Å². The molecule has 12 heteroatoms. The minimum Gasteiger partial charge on any atom is -0.320 e. The first-order chi connectivity index (χ1) is 13.4. The highest BCUT2D eigenvalue weighted by Crippen LogP contribution is 2.35. The van der Waals surface area contributed by atoms with Crippen molar-refractivity contribution < 1.29 is 26.4 Å². The smallest absolute Gasteiger partial charge is 0.320 e. The van der Waals surface area contributed by atoms with Gasteiger partial charge in [-0.05, 0) is 25.1 Å². The standard InChI is InChI=1S/C17H16F3N5O3S/c1-10-11(9-21-24(10)2)14-8-15(25(3)29(27,28)23-14)16(26)22-13-7-5-4-6-12(13)17(18,19)20/h4-9H,1-3H3,(H,22,26). The van der Waals surface area contributed by atoms with E-state index >= 15 is 0 Å². The van der Waals surface area contributed by atoms with Gasteiger partial charge in [-0.2, -0.15) is 26.7 Å². The summed E-state index contributed by atoms with van der Waals surface area (Å²) in [6, 6.07) is 4.41. The molecular weight excluding hydrogens is 411 g/mol. The lowest BCUT2D eigenvalue weighted by Gasteiger charge is -2.24. The van der Waals surface area contributed by atoms with Crippen LogP contribution in [-0.4, -0.2) is 41.2 Å². The number of anilines is 1. The number of hydrogen-bond donors (Lipinski definition) is 1. The normalized spacial score (nSPS) is 16.3. The Morgan fingerprint density at radius 3 is 2.41 bits per heavy atom. The number of alkyl halides is 3. The van der Waals surface area contributed by atoms with Gasteiger partial charge in [0.1, 0.15) is 5.70 Å². The van der Waals surface area contributed by atoms with Crippen molar-refractivity contribution in [1.82, 2.24) is 14.1 Å². The lowest BCUT2D eigenvalue weighted by molar-refractivity contribution is -0.137. The average Bonchev–Trinajstić information content (AvgIpc) is 2.95. The van der Waals surface area contributed by atoms with Crippen molar-refractivity contribution in [3.8, 4) is 0 Å². The van der Waals surface area contributed by atoms with Gasteiger partial charge in [0.15, 0.2) is 0 Å². The molecule has 0 radical (unpaired) electrons. The monoisotopic (exact) mass is 427 g/mol. The fourth-order valence-corrected chi connectivity index (χ4v) is 3.57. The Bertz CT molecular complexity index is 1150. The van der Waals surface area contributed by atoms with Gasteiger partial charge in [-0.15, -0.1) is 4.40 Å². The highest BCUT2D eigenvalue weighted by Gasteiger charge is 2.35. The average molecular weight is 427 g/mol. The van der Waals surface area contributed by atoms with E-state index in [9.17, 15) is 26.4 Å². The van der Waals surface area contributed by atoms with Crippen LogP contribution >= 0.6 is 0 Å². The Balaban J connectivity index is 2.02. The molecule has 0 saturated carbocycles. The van der Waals surface area contributed by atoms with Crippen LogP contribution in [-0.2, 0) is 28.2 Å². The number of aromatic nitrogens is 2. The number of rotatable bonds is 3. The summed E-state index contributed by atoms with van der Waals surface area (Å²) in [7, 11) is -1.52. The van der Waals surface area contributed by atoms with Crippen LogP contribution in [0.4, 0.5) is 18.9 Å². The SMILES string of the molecule is Cc1c(C2=NS(=O)(=O)N(C)C(C(=O)Nc3ccccc3C(F)(F)F)=C2)cnn1C. The number of nitrogens with one attached hydrogen (secondary N) is 1. The molecule has 1 aliphatic rings. The largest absolute Gasteiger partial charge is 0.418 e. The number of benzene rings is 1. The van der Waals surface area contributed by atoms with E-state index in [4.69, 9.17) is 0 Å². The van der Waals surface area contributed by atoms with E-state index in [1.54, 1.807) is 14.0 Å². The molecule has 1 N–H and O–H groups in total. The van der Waals surface area contributed by atoms with Crippen molar-refractivity contribution in [3.63, 3.8) is 0 Å². The molecule has 2 heterocycles. The van der Waals surface area contributed by atoms with Crippen molar-refractivity contribution in [2.75, 3.05) is 12.4 Å². The molecule has 8 nitrogen and oxygen atoms in total. The van der Waals surface area contributed by atoms with Crippen LogP contribution in [0.5, 0.6) is 0 Å². The van der Waals surface area contributed by atoms with Crippen molar-refractivity contribution in [1.29, 1.82) is 0 Å². The van der Waals surface area contributed by atoms with E-state index in [1.165, 1.54) is 29.1 Å². The van der Waals surface area contributed by atoms with Crippen LogP contribution in [0.2, 0.25) is 0 Å². The van der Waals surface area contributed by atoms with Crippen LogP contribution in [0.3, 0.4) is 0 Å². The van der Waals surface area contributed by atoms with Crippen LogP contribution in [0.25, 0.3) is 0 Å². The van der Waals surface area contributed by atoms with Gasteiger partial charge in [0.25, 0.3) is 5.91 Å². The number of halogens is 3. The number of carbonyl (C=O) groups excluding carboxylic acids is 1. The summed E-state index contributed by atoms with van der Waals surface area (Å²) in [5.74, 6) is -1.03. The first-order valence-electron chi connectivity index (χ1n) is 8.19. The number of carbonyl (C=O) groups is 1. The van der Waals surface area contributed by atoms with E-state index in [0.29, 0.717) is 15.6 Å². The third-order valence-corrected chi connectivity index (χ3v) is 5.71.